The Morgan fingerprint density at radius 1 is 1.60 bits per heavy atom. The quantitative estimate of drug-likeness (QED) is 0.776. The summed E-state index contributed by atoms with van der Waals surface area (Å²) in [6.07, 6.45) is 0. The molecular formula is C11H11FO3. The van der Waals surface area contributed by atoms with Crippen LogP contribution in [0.2, 0.25) is 0 Å². The summed E-state index contributed by atoms with van der Waals surface area (Å²) < 4.78 is 18.3. The summed E-state index contributed by atoms with van der Waals surface area (Å²) in [7, 11) is 0. The fourth-order valence-corrected chi connectivity index (χ4v) is 1.08. The third-order valence-corrected chi connectivity index (χ3v) is 1.84. The van der Waals surface area contributed by atoms with Crippen LogP contribution in [0.5, 0.6) is 5.75 Å². The second kappa shape index (κ2) is 4.59. The fourth-order valence-electron chi connectivity index (χ4n) is 1.08. The van der Waals surface area contributed by atoms with Crippen LogP contribution in [0.4, 0.5) is 4.39 Å². The molecule has 0 heterocycles. The molecule has 1 rings (SSSR count). The maximum atomic E-state index is 13.3. The second-order valence-corrected chi connectivity index (χ2v) is 2.86. The van der Waals surface area contributed by atoms with Gasteiger partial charge in [-0.1, -0.05) is 12.6 Å². The number of benzene rings is 1. The van der Waals surface area contributed by atoms with E-state index in [2.05, 4.69) is 6.58 Å². The fraction of sp³-hybridized carbons (Fsp3) is 0.182. The zero-order valence-electron chi connectivity index (χ0n) is 8.29. The van der Waals surface area contributed by atoms with Crippen LogP contribution in [-0.4, -0.2) is 17.7 Å². The van der Waals surface area contributed by atoms with Gasteiger partial charge in [-0.05, 0) is 24.6 Å². The smallest absolute Gasteiger partial charge is 0.335 e. The Kier molecular flexibility index (Phi) is 3.44. The van der Waals surface area contributed by atoms with E-state index in [4.69, 9.17) is 9.84 Å². The van der Waals surface area contributed by atoms with Crippen molar-refractivity contribution in [3.8, 4) is 5.75 Å². The first-order valence-corrected chi connectivity index (χ1v) is 4.41. The number of carbonyl (C=O) groups is 1. The highest BCUT2D eigenvalue weighted by atomic mass is 19.1. The Balaban J connectivity index is 3.01. The maximum Gasteiger partial charge on any atom is 0.335 e. The van der Waals surface area contributed by atoms with Gasteiger partial charge >= 0.3 is 5.97 Å². The molecule has 0 unspecified atom stereocenters. The molecule has 1 aromatic carbocycles. The SMILES string of the molecule is C=C(C(=O)O)c1ccc(OCC)c(F)c1. The molecule has 3 nitrogen and oxygen atoms in total. The molecule has 0 bridgehead atoms. The number of halogens is 1. The van der Waals surface area contributed by atoms with Gasteiger partial charge in [0.25, 0.3) is 0 Å². The van der Waals surface area contributed by atoms with Gasteiger partial charge in [0.2, 0.25) is 0 Å². The van der Waals surface area contributed by atoms with E-state index >= 15 is 0 Å². The van der Waals surface area contributed by atoms with E-state index in [1.165, 1.54) is 12.1 Å². The maximum absolute atomic E-state index is 13.3. The summed E-state index contributed by atoms with van der Waals surface area (Å²) in [4.78, 5) is 10.6. The third-order valence-electron chi connectivity index (χ3n) is 1.84. The molecule has 0 radical (unpaired) electrons. The largest absolute Gasteiger partial charge is 0.491 e. The Hall–Kier alpha value is -1.84. The summed E-state index contributed by atoms with van der Waals surface area (Å²) in [6, 6.07) is 3.95. The number of hydrogen-bond donors (Lipinski definition) is 1. The van der Waals surface area contributed by atoms with Crippen LogP contribution in [0.15, 0.2) is 24.8 Å². The highest BCUT2D eigenvalue weighted by Crippen LogP contribution is 2.22. The van der Waals surface area contributed by atoms with Crippen LogP contribution in [-0.2, 0) is 4.79 Å². The third kappa shape index (κ3) is 2.56. The molecule has 0 saturated carbocycles. The number of carboxylic acid groups (broad SMARTS) is 1. The first kappa shape index (κ1) is 11.2. The van der Waals surface area contributed by atoms with Gasteiger partial charge in [-0.15, -0.1) is 0 Å². The van der Waals surface area contributed by atoms with Crippen molar-refractivity contribution in [1.82, 2.24) is 0 Å². The molecule has 0 aromatic heterocycles. The van der Waals surface area contributed by atoms with Gasteiger partial charge in [0, 0.05) is 0 Å². The standard InChI is InChI=1S/C11H11FO3/c1-3-15-10-5-4-8(6-9(10)12)7(2)11(13)14/h4-6H,2-3H2,1H3,(H,13,14). The molecular weight excluding hydrogens is 199 g/mol. The minimum atomic E-state index is -1.17. The average Bonchev–Trinajstić information content (AvgIpc) is 2.20. The Morgan fingerprint density at radius 3 is 2.73 bits per heavy atom. The molecule has 1 aromatic rings. The molecule has 15 heavy (non-hydrogen) atoms. The summed E-state index contributed by atoms with van der Waals surface area (Å²) in [5, 5.41) is 8.65. The van der Waals surface area contributed by atoms with Crippen molar-refractivity contribution in [2.75, 3.05) is 6.61 Å². The Morgan fingerprint density at radius 2 is 2.27 bits per heavy atom. The van der Waals surface area contributed by atoms with Gasteiger partial charge in [-0.2, -0.15) is 0 Å². The molecule has 0 amide bonds. The molecule has 4 heteroatoms. The number of hydrogen-bond acceptors (Lipinski definition) is 2. The molecule has 0 saturated heterocycles. The number of rotatable bonds is 4. The topological polar surface area (TPSA) is 46.5 Å². The molecule has 0 spiro atoms. The summed E-state index contributed by atoms with van der Waals surface area (Å²) in [5.41, 5.74) is 0.0976. The van der Waals surface area contributed by atoms with E-state index < -0.39 is 11.8 Å². The van der Waals surface area contributed by atoms with E-state index in [1.807, 2.05) is 0 Å². The van der Waals surface area contributed by atoms with E-state index in [9.17, 15) is 9.18 Å². The predicted molar refractivity (Wildman–Crippen MR) is 54.2 cm³/mol. The first-order chi connectivity index (χ1) is 7.06. The summed E-state index contributed by atoms with van der Waals surface area (Å²) >= 11 is 0. The monoisotopic (exact) mass is 210 g/mol. The molecule has 0 aliphatic heterocycles. The second-order valence-electron chi connectivity index (χ2n) is 2.86. The van der Waals surface area contributed by atoms with Crippen LogP contribution in [0.25, 0.3) is 5.57 Å². The van der Waals surface area contributed by atoms with Crippen LogP contribution in [0.1, 0.15) is 12.5 Å². The first-order valence-electron chi connectivity index (χ1n) is 4.41. The van der Waals surface area contributed by atoms with E-state index in [-0.39, 0.29) is 16.9 Å². The zero-order chi connectivity index (χ0) is 11.4. The van der Waals surface area contributed by atoms with Crippen molar-refractivity contribution >= 4 is 11.5 Å². The highest BCUT2D eigenvalue weighted by Gasteiger charge is 2.10. The van der Waals surface area contributed by atoms with Crippen molar-refractivity contribution < 1.29 is 19.0 Å². The van der Waals surface area contributed by atoms with Crippen molar-refractivity contribution in [3.05, 3.63) is 36.2 Å². The molecule has 0 aliphatic carbocycles. The summed E-state index contributed by atoms with van der Waals surface area (Å²) in [5.74, 6) is -1.64. The van der Waals surface area contributed by atoms with Gasteiger partial charge in [-0.3, -0.25) is 0 Å². The average molecular weight is 210 g/mol. The lowest BCUT2D eigenvalue weighted by Gasteiger charge is -2.06. The van der Waals surface area contributed by atoms with Crippen molar-refractivity contribution in [2.45, 2.75) is 6.92 Å². The van der Waals surface area contributed by atoms with E-state index in [1.54, 1.807) is 6.92 Å². The van der Waals surface area contributed by atoms with E-state index in [0.29, 0.717) is 6.61 Å². The number of carboxylic acids is 1. The van der Waals surface area contributed by atoms with Crippen molar-refractivity contribution in [3.63, 3.8) is 0 Å². The Bertz CT molecular complexity index is 399. The molecule has 80 valence electrons. The van der Waals surface area contributed by atoms with Crippen LogP contribution in [0.3, 0.4) is 0 Å². The molecule has 0 fully saturated rings. The van der Waals surface area contributed by atoms with Gasteiger partial charge in [-0.25, -0.2) is 9.18 Å². The zero-order valence-corrected chi connectivity index (χ0v) is 8.29. The van der Waals surface area contributed by atoms with Crippen LogP contribution in [0, 0.1) is 5.82 Å². The normalized spacial score (nSPS) is 9.73. The summed E-state index contributed by atoms with van der Waals surface area (Å²) in [6.45, 7) is 5.43. The van der Waals surface area contributed by atoms with Crippen molar-refractivity contribution in [2.24, 2.45) is 0 Å². The minimum Gasteiger partial charge on any atom is -0.491 e. The minimum absolute atomic E-state index is 0.111. The van der Waals surface area contributed by atoms with Crippen LogP contribution >= 0.6 is 0 Å². The van der Waals surface area contributed by atoms with Crippen molar-refractivity contribution in [1.29, 1.82) is 0 Å². The predicted octanol–water partition coefficient (Wildman–Crippen LogP) is 2.32. The number of aliphatic carboxylic acids is 1. The highest BCUT2D eigenvalue weighted by molar-refractivity contribution is 6.14. The number of ether oxygens (including phenoxy) is 1. The van der Waals surface area contributed by atoms with E-state index in [0.717, 1.165) is 6.07 Å². The van der Waals surface area contributed by atoms with Gasteiger partial charge in [0.15, 0.2) is 11.6 Å². The molecule has 1 N–H and O–H groups in total. The Labute approximate surface area is 86.8 Å². The van der Waals surface area contributed by atoms with Gasteiger partial charge in [0.05, 0.1) is 12.2 Å². The lowest BCUT2D eigenvalue weighted by atomic mass is 10.1. The lowest BCUT2D eigenvalue weighted by Crippen LogP contribution is -2.00. The van der Waals surface area contributed by atoms with Crippen LogP contribution < -0.4 is 4.74 Å². The molecule has 0 aliphatic rings. The van der Waals surface area contributed by atoms with Gasteiger partial charge < -0.3 is 9.84 Å². The van der Waals surface area contributed by atoms with Gasteiger partial charge in [0.1, 0.15) is 0 Å². The lowest BCUT2D eigenvalue weighted by molar-refractivity contribution is -0.130. The molecule has 0 atom stereocenters.